The highest BCUT2D eigenvalue weighted by Gasteiger charge is 2.36. The Hall–Kier alpha value is -1.33. The van der Waals surface area contributed by atoms with Gasteiger partial charge in [0.2, 0.25) is 5.82 Å². The zero-order valence-electron chi connectivity index (χ0n) is 6.09. The summed E-state index contributed by atoms with van der Waals surface area (Å²) in [6.07, 6.45) is -3.21. The Morgan fingerprint density at radius 3 is 2.42 bits per heavy atom. The highest BCUT2D eigenvalue weighted by atomic mass is 19.4. The number of aldehydes is 1. The van der Waals surface area contributed by atoms with Gasteiger partial charge in [0.25, 0.3) is 0 Å². The van der Waals surface area contributed by atoms with E-state index in [4.69, 9.17) is 0 Å². The molecule has 0 N–H and O–H groups in total. The summed E-state index contributed by atoms with van der Waals surface area (Å²) in [5, 5.41) is 0. The van der Waals surface area contributed by atoms with Gasteiger partial charge in [-0.3, -0.25) is 4.79 Å². The van der Waals surface area contributed by atoms with E-state index < -0.39 is 12.0 Å². The van der Waals surface area contributed by atoms with Crippen molar-refractivity contribution in [1.82, 2.24) is 9.55 Å². The van der Waals surface area contributed by atoms with Gasteiger partial charge in [-0.05, 0) is 0 Å². The number of carbonyl (C=O) groups is 1. The van der Waals surface area contributed by atoms with Crippen LogP contribution in [0.2, 0.25) is 0 Å². The SMILES string of the molecule is Cn1cc(C=O)nc1C(F)(F)F. The third-order valence-electron chi connectivity index (χ3n) is 1.27. The van der Waals surface area contributed by atoms with Crippen LogP contribution >= 0.6 is 0 Å². The van der Waals surface area contributed by atoms with Gasteiger partial charge in [-0.25, -0.2) is 4.98 Å². The molecule has 1 heterocycles. The first-order valence-corrected chi connectivity index (χ1v) is 3.01. The first-order valence-electron chi connectivity index (χ1n) is 3.01. The lowest BCUT2D eigenvalue weighted by atomic mass is 10.5. The van der Waals surface area contributed by atoms with Crippen LogP contribution < -0.4 is 0 Å². The molecule has 1 aromatic heterocycles. The van der Waals surface area contributed by atoms with Gasteiger partial charge in [-0.2, -0.15) is 13.2 Å². The summed E-state index contributed by atoms with van der Waals surface area (Å²) in [6, 6.07) is 0. The quantitative estimate of drug-likeness (QED) is 0.606. The van der Waals surface area contributed by atoms with Crippen molar-refractivity contribution >= 4 is 6.29 Å². The van der Waals surface area contributed by atoms with Crippen molar-refractivity contribution in [2.75, 3.05) is 0 Å². The molecule has 0 bridgehead atoms. The predicted molar refractivity (Wildman–Crippen MR) is 33.6 cm³/mol. The van der Waals surface area contributed by atoms with E-state index in [0.717, 1.165) is 10.8 Å². The summed E-state index contributed by atoms with van der Waals surface area (Å²) in [5.74, 6) is -1.07. The molecule has 1 aromatic rings. The fourth-order valence-electron chi connectivity index (χ4n) is 0.810. The fourth-order valence-corrected chi connectivity index (χ4v) is 0.810. The van der Waals surface area contributed by atoms with Gasteiger partial charge >= 0.3 is 6.18 Å². The topological polar surface area (TPSA) is 34.9 Å². The minimum Gasteiger partial charge on any atom is -0.330 e. The summed E-state index contributed by atoms with van der Waals surface area (Å²) in [5.41, 5.74) is -0.218. The number of hydrogen-bond acceptors (Lipinski definition) is 2. The summed E-state index contributed by atoms with van der Waals surface area (Å²) in [4.78, 5) is 13.1. The zero-order chi connectivity index (χ0) is 9.35. The minimum absolute atomic E-state index is 0.218. The standard InChI is InChI=1S/C6H5F3N2O/c1-11-2-4(3-12)10-5(11)6(7,8)9/h2-3H,1H3. The van der Waals surface area contributed by atoms with Crippen molar-refractivity contribution in [2.24, 2.45) is 7.05 Å². The molecular weight excluding hydrogens is 173 g/mol. The lowest BCUT2D eigenvalue weighted by Crippen LogP contribution is -2.12. The molecule has 0 saturated carbocycles. The number of nitrogens with zero attached hydrogens (tertiary/aromatic N) is 2. The van der Waals surface area contributed by atoms with Gasteiger partial charge in [0, 0.05) is 13.2 Å². The second-order valence-corrected chi connectivity index (χ2v) is 2.22. The van der Waals surface area contributed by atoms with Gasteiger partial charge in [0.05, 0.1) is 0 Å². The molecule has 0 atom stereocenters. The van der Waals surface area contributed by atoms with Gasteiger partial charge in [0.15, 0.2) is 6.29 Å². The van der Waals surface area contributed by atoms with E-state index in [1.165, 1.54) is 7.05 Å². The number of halogens is 3. The van der Waals surface area contributed by atoms with E-state index in [-0.39, 0.29) is 12.0 Å². The van der Waals surface area contributed by atoms with Crippen LogP contribution in [0.5, 0.6) is 0 Å². The molecule has 6 heteroatoms. The van der Waals surface area contributed by atoms with Crippen molar-refractivity contribution in [2.45, 2.75) is 6.18 Å². The Morgan fingerprint density at radius 1 is 1.58 bits per heavy atom. The molecule has 0 aromatic carbocycles. The number of rotatable bonds is 1. The van der Waals surface area contributed by atoms with Crippen LogP contribution in [-0.4, -0.2) is 15.8 Å². The predicted octanol–water partition coefficient (Wildman–Crippen LogP) is 1.25. The van der Waals surface area contributed by atoms with Gasteiger partial charge < -0.3 is 4.57 Å². The highest BCUT2D eigenvalue weighted by molar-refractivity contribution is 5.71. The average Bonchev–Trinajstić information content (AvgIpc) is 2.29. The van der Waals surface area contributed by atoms with Crippen LogP contribution in [0.1, 0.15) is 16.3 Å². The van der Waals surface area contributed by atoms with Gasteiger partial charge in [-0.1, -0.05) is 0 Å². The van der Waals surface area contributed by atoms with E-state index in [9.17, 15) is 18.0 Å². The van der Waals surface area contributed by atoms with Crippen LogP contribution in [0, 0.1) is 0 Å². The van der Waals surface area contributed by atoms with Crippen molar-refractivity contribution in [1.29, 1.82) is 0 Å². The second kappa shape index (κ2) is 2.62. The molecule has 0 aliphatic carbocycles. The van der Waals surface area contributed by atoms with E-state index >= 15 is 0 Å². The number of alkyl halides is 3. The molecule has 0 spiro atoms. The van der Waals surface area contributed by atoms with Crippen molar-refractivity contribution in [3.8, 4) is 0 Å². The summed E-state index contributed by atoms with van der Waals surface area (Å²) < 4.78 is 36.8. The van der Waals surface area contributed by atoms with Crippen LogP contribution in [0.3, 0.4) is 0 Å². The first-order chi connectivity index (χ1) is 5.45. The van der Waals surface area contributed by atoms with Crippen molar-refractivity contribution in [3.63, 3.8) is 0 Å². The van der Waals surface area contributed by atoms with Crippen LogP contribution in [-0.2, 0) is 13.2 Å². The highest BCUT2D eigenvalue weighted by Crippen LogP contribution is 2.27. The molecule has 0 amide bonds. The zero-order valence-corrected chi connectivity index (χ0v) is 6.09. The number of carbonyl (C=O) groups excluding carboxylic acids is 1. The number of aromatic nitrogens is 2. The Balaban J connectivity index is 3.16. The van der Waals surface area contributed by atoms with Crippen molar-refractivity contribution in [3.05, 3.63) is 17.7 Å². The molecule has 12 heavy (non-hydrogen) atoms. The minimum atomic E-state index is -4.50. The van der Waals surface area contributed by atoms with Crippen LogP contribution in [0.4, 0.5) is 13.2 Å². The third-order valence-corrected chi connectivity index (χ3v) is 1.27. The maximum atomic E-state index is 12.0. The average molecular weight is 178 g/mol. The van der Waals surface area contributed by atoms with Crippen LogP contribution in [0.15, 0.2) is 6.20 Å². The van der Waals surface area contributed by atoms with E-state index in [0.29, 0.717) is 0 Å². The fraction of sp³-hybridized carbons (Fsp3) is 0.333. The lowest BCUT2D eigenvalue weighted by molar-refractivity contribution is -0.146. The van der Waals surface area contributed by atoms with E-state index in [1.807, 2.05) is 0 Å². The molecule has 0 unspecified atom stereocenters. The van der Waals surface area contributed by atoms with E-state index in [1.54, 1.807) is 0 Å². The molecule has 1 rings (SSSR count). The largest absolute Gasteiger partial charge is 0.449 e. The lowest BCUT2D eigenvalue weighted by Gasteiger charge is -2.03. The molecule has 0 aliphatic heterocycles. The molecule has 0 aliphatic rings. The molecular formula is C6H5F3N2O. The maximum absolute atomic E-state index is 12.0. The summed E-state index contributed by atoms with van der Waals surface area (Å²) >= 11 is 0. The normalized spacial score (nSPS) is 11.7. The first kappa shape index (κ1) is 8.76. The second-order valence-electron chi connectivity index (χ2n) is 2.22. The number of hydrogen-bond donors (Lipinski definition) is 0. The van der Waals surface area contributed by atoms with Gasteiger partial charge in [-0.15, -0.1) is 0 Å². The molecule has 0 saturated heterocycles. The Labute approximate surface area is 65.8 Å². The molecule has 0 fully saturated rings. The van der Waals surface area contributed by atoms with Crippen molar-refractivity contribution < 1.29 is 18.0 Å². The Kier molecular flexibility index (Phi) is 1.91. The van der Waals surface area contributed by atoms with Gasteiger partial charge in [0.1, 0.15) is 5.69 Å². The smallest absolute Gasteiger partial charge is 0.330 e. The third kappa shape index (κ3) is 1.46. The molecule has 66 valence electrons. The summed E-state index contributed by atoms with van der Waals surface area (Å²) in [7, 11) is 1.18. The Morgan fingerprint density at radius 2 is 2.17 bits per heavy atom. The molecule has 0 radical (unpaired) electrons. The Bertz CT molecular complexity index is 302. The number of imidazole rings is 1. The monoisotopic (exact) mass is 178 g/mol. The summed E-state index contributed by atoms with van der Waals surface area (Å²) in [6.45, 7) is 0. The maximum Gasteiger partial charge on any atom is 0.449 e. The molecule has 3 nitrogen and oxygen atoms in total. The van der Waals surface area contributed by atoms with Crippen LogP contribution in [0.25, 0.3) is 0 Å². The number of aryl methyl sites for hydroxylation is 1. The van der Waals surface area contributed by atoms with E-state index in [2.05, 4.69) is 4.98 Å².